The summed E-state index contributed by atoms with van der Waals surface area (Å²) in [5.74, 6) is 1.12. The van der Waals surface area contributed by atoms with Gasteiger partial charge in [-0.3, -0.25) is 9.69 Å². The number of amidine groups is 1. The van der Waals surface area contributed by atoms with Gasteiger partial charge < -0.3 is 15.0 Å². The Balaban J connectivity index is 1.33. The molecule has 0 saturated carbocycles. The molecule has 2 aromatic rings. The molecule has 0 unspecified atom stereocenters. The number of benzene rings is 2. The second-order valence-electron chi connectivity index (χ2n) is 9.37. The van der Waals surface area contributed by atoms with Crippen LogP contribution in [0, 0.1) is 0 Å². The van der Waals surface area contributed by atoms with Gasteiger partial charge >= 0.3 is 0 Å². The predicted octanol–water partition coefficient (Wildman–Crippen LogP) is 2.95. The topological polar surface area (TPSA) is 91.3 Å². The summed E-state index contributed by atoms with van der Waals surface area (Å²) < 4.78 is 34.5. The summed E-state index contributed by atoms with van der Waals surface area (Å²) in [5, 5.41) is 3.19. The van der Waals surface area contributed by atoms with Crippen LogP contribution in [0.15, 0.2) is 57.8 Å². The monoisotopic (exact) mass is 496 g/mol. The van der Waals surface area contributed by atoms with Gasteiger partial charge in [-0.1, -0.05) is 30.7 Å². The first-order valence-electron chi connectivity index (χ1n) is 12.3. The van der Waals surface area contributed by atoms with Gasteiger partial charge in [-0.05, 0) is 68.6 Å². The molecule has 3 aliphatic heterocycles. The average molecular weight is 497 g/mol. The summed E-state index contributed by atoms with van der Waals surface area (Å²) >= 11 is 0. The van der Waals surface area contributed by atoms with E-state index in [1.165, 1.54) is 6.42 Å². The fraction of sp³-hybridized carbons (Fsp3) is 0.462. The smallest absolute Gasteiger partial charge is 0.285 e. The summed E-state index contributed by atoms with van der Waals surface area (Å²) in [6.45, 7) is 3.12. The number of piperidine rings is 1. The standard InChI is InChI=1S/C26H32N4O4S/c1-34-20-13-11-19(12-14-20)23(29-15-5-2-6-16-29)18-27-26(31)22-9-7-17-30(22)25-21-8-3-4-10-24(21)35(32,33)28-25/h3-4,8,10-14,22-23H,2,5-7,9,15-18H2,1H3,(H,27,31)/t22-,23+/m1/s1. The van der Waals surface area contributed by atoms with E-state index in [9.17, 15) is 13.2 Å². The number of methoxy groups -OCH3 is 1. The lowest BCUT2D eigenvalue weighted by Crippen LogP contribution is -2.48. The van der Waals surface area contributed by atoms with Crippen LogP contribution in [0.25, 0.3) is 0 Å². The minimum absolute atomic E-state index is 0.0740. The number of carbonyl (C=O) groups excluding carboxylic acids is 1. The first kappa shape index (κ1) is 23.8. The lowest BCUT2D eigenvalue weighted by Gasteiger charge is -2.35. The molecule has 2 fully saturated rings. The highest BCUT2D eigenvalue weighted by Gasteiger charge is 2.39. The third kappa shape index (κ3) is 4.79. The Morgan fingerprint density at radius 1 is 1.06 bits per heavy atom. The molecule has 8 nitrogen and oxygen atoms in total. The van der Waals surface area contributed by atoms with E-state index in [2.05, 4.69) is 26.7 Å². The molecular weight excluding hydrogens is 464 g/mol. The molecule has 1 amide bonds. The van der Waals surface area contributed by atoms with Crippen molar-refractivity contribution in [1.29, 1.82) is 0 Å². The molecule has 5 rings (SSSR count). The molecule has 35 heavy (non-hydrogen) atoms. The van der Waals surface area contributed by atoms with Gasteiger partial charge in [-0.25, -0.2) is 0 Å². The SMILES string of the molecule is COc1ccc([C@H](CNC(=O)[C@H]2CCCN2C2=NS(=O)(=O)c3ccccc32)N2CCCCC2)cc1. The fourth-order valence-corrected chi connectivity index (χ4v) is 6.63. The van der Waals surface area contributed by atoms with E-state index < -0.39 is 16.1 Å². The third-order valence-electron chi connectivity index (χ3n) is 7.24. The van der Waals surface area contributed by atoms with Gasteiger partial charge in [0.25, 0.3) is 10.0 Å². The van der Waals surface area contributed by atoms with E-state index in [4.69, 9.17) is 4.74 Å². The van der Waals surface area contributed by atoms with Crippen molar-refractivity contribution in [2.45, 2.75) is 49.1 Å². The molecule has 3 heterocycles. The van der Waals surface area contributed by atoms with E-state index >= 15 is 0 Å². The zero-order valence-corrected chi connectivity index (χ0v) is 20.8. The van der Waals surface area contributed by atoms with Gasteiger partial charge in [0.15, 0.2) is 5.84 Å². The lowest BCUT2D eigenvalue weighted by molar-refractivity contribution is -0.124. The second-order valence-corrected chi connectivity index (χ2v) is 10.9. The maximum atomic E-state index is 13.4. The Labute approximate surface area is 207 Å². The zero-order chi connectivity index (χ0) is 24.4. The largest absolute Gasteiger partial charge is 0.497 e. The van der Waals surface area contributed by atoms with E-state index in [1.807, 2.05) is 17.0 Å². The summed E-state index contributed by atoms with van der Waals surface area (Å²) in [6, 6.07) is 14.5. The van der Waals surface area contributed by atoms with Crippen molar-refractivity contribution in [3.8, 4) is 5.75 Å². The zero-order valence-electron chi connectivity index (χ0n) is 20.0. The van der Waals surface area contributed by atoms with Crippen LogP contribution in [0.2, 0.25) is 0 Å². The van der Waals surface area contributed by atoms with Crippen LogP contribution >= 0.6 is 0 Å². The first-order chi connectivity index (χ1) is 17.0. The van der Waals surface area contributed by atoms with Crippen LogP contribution in [-0.2, 0) is 14.8 Å². The van der Waals surface area contributed by atoms with Crippen LogP contribution in [-0.4, -0.2) is 69.3 Å². The number of carbonyl (C=O) groups is 1. The number of fused-ring (bicyclic) bond motifs is 1. The quantitative estimate of drug-likeness (QED) is 0.661. The maximum absolute atomic E-state index is 13.4. The van der Waals surface area contributed by atoms with Gasteiger partial charge in [-0.15, -0.1) is 4.40 Å². The normalized spacial score (nSPS) is 22.4. The highest BCUT2D eigenvalue weighted by molar-refractivity contribution is 7.90. The number of ether oxygens (including phenoxy) is 1. The first-order valence-corrected chi connectivity index (χ1v) is 13.8. The van der Waals surface area contributed by atoms with Crippen LogP contribution in [0.3, 0.4) is 0 Å². The minimum Gasteiger partial charge on any atom is -0.497 e. The Kier molecular flexibility index (Phi) is 6.80. The summed E-state index contributed by atoms with van der Waals surface area (Å²) in [4.78, 5) is 17.9. The van der Waals surface area contributed by atoms with Crippen molar-refractivity contribution in [2.24, 2.45) is 4.40 Å². The number of nitrogens with zero attached hydrogens (tertiary/aromatic N) is 3. The van der Waals surface area contributed by atoms with Crippen molar-refractivity contribution in [3.63, 3.8) is 0 Å². The van der Waals surface area contributed by atoms with E-state index in [-0.39, 0.29) is 16.8 Å². The maximum Gasteiger partial charge on any atom is 0.285 e. The average Bonchev–Trinajstić information content (AvgIpc) is 3.48. The Morgan fingerprint density at radius 3 is 2.54 bits per heavy atom. The number of rotatable bonds is 6. The van der Waals surface area contributed by atoms with E-state index in [1.54, 1.807) is 31.4 Å². The molecule has 9 heteroatoms. The molecule has 0 aromatic heterocycles. The van der Waals surface area contributed by atoms with E-state index in [0.717, 1.165) is 43.7 Å². The number of amides is 1. The minimum atomic E-state index is -3.73. The van der Waals surface area contributed by atoms with Crippen molar-refractivity contribution in [1.82, 2.24) is 15.1 Å². The molecule has 2 atom stereocenters. The molecule has 0 radical (unpaired) electrons. The molecule has 2 aromatic carbocycles. The van der Waals surface area contributed by atoms with E-state index in [0.29, 0.717) is 30.9 Å². The summed E-state index contributed by atoms with van der Waals surface area (Å²) in [5.41, 5.74) is 1.73. The Bertz CT molecular complexity index is 1210. The van der Waals surface area contributed by atoms with Gasteiger partial charge in [0.2, 0.25) is 5.91 Å². The molecule has 2 saturated heterocycles. The number of sulfonamides is 1. The van der Waals surface area contributed by atoms with Crippen molar-refractivity contribution < 1.29 is 17.9 Å². The highest BCUT2D eigenvalue weighted by atomic mass is 32.2. The molecule has 186 valence electrons. The van der Waals surface area contributed by atoms with Crippen LogP contribution < -0.4 is 10.1 Å². The van der Waals surface area contributed by atoms with Gasteiger partial charge in [0, 0.05) is 18.7 Å². The molecular formula is C26H32N4O4S. The van der Waals surface area contributed by atoms with Crippen LogP contribution in [0.4, 0.5) is 0 Å². The predicted molar refractivity (Wildman–Crippen MR) is 134 cm³/mol. The Hall–Kier alpha value is -2.91. The van der Waals surface area contributed by atoms with Gasteiger partial charge in [0.05, 0.1) is 13.2 Å². The Morgan fingerprint density at radius 2 is 1.80 bits per heavy atom. The van der Waals surface area contributed by atoms with Crippen molar-refractivity contribution in [3.05, 3.63) is 59.7 Å². The number of hydrogen-bond donors (Lipinski definition) is 1. The van der Waals surface area contributed by atoms with Gasteiger partial charge in [0.1, 0.15) is 16.7 Å². The molecule has 0 aliphatic carbocycles. The van der Waals surface area contributed by atoms with Crippen LogP contribution in [0.1, 0.15) is 49.3 Å². The van der Waals surface area contributed by atoms with Crippen molar-refractivity contribution in [2.75, 3.05) is 33.3 Å². The van der Waals surface area contributed by atoms with Crippen LogP contribution in [0.5, 0.6) is 5.75 Å². The number of hydrogen-bond acceptors (Lipinski definition) is 6. The summed E-state index contributed by atoms with van der Waals surface area (Å²) in [7, 11) is -2.07. The molecule has 0 spiro atoms. The van der Waals surface area contributed by atoms with Gasteiger partial charge in [-0.2, -0.15) is 8.42 Å². The number of likely N-dealkylation sites (tertiary alicyclic amines) is 2. The molecule has 0 bridgehead atoms. The number of nitrogens with one attached hydrogen (secondary N) is 1. The second kappa shape index (κ2) is 9.99. The lowest BCUT2D eigenvalue weighted by atomic mass is 10.0. The molecule has 3 aliphatic rings. The third-order valence-corrected chi connectivity index (χ3v) is 8.57. The fourth-order valence-electron chi connectivity index (χ4n) is 5.42. The highest BCUT2D eigenvalue weighted by Crippen LogP contribution is 2.31. The molecule has 1 N–H and O–H groups in total. The summed E-state index contributed by atoms with van der Waals surface area (Å²) in [6.07, 6.45) is 5.04. The van der Waals surface area contributed by atoms with Crippen molar-refractivity contribution >= 4 is 21.8 Å².